The van der Waals surface area contributed by atoms with Gasteiger partial charge >= 0.3 is 0 Å². The van der Waals surface area contributed by atoms with Crippen molar-refractivity contribution < 1.29 is 13.9 Å². The zero-order valence-corrected chi connectivity index (χ0v) is 15.8. The SMILES string of the molecule is COc1cccc(NC(=O)CCCn2c(=O)c3nccn3c3ccc(F)cc32)c1. The second-order valence-corrected chi connectivity index (χ2v) is 6.59. The van der Waals surface area contributed by atoms with Crippen molar-refractivity contribution in [2.24, 2.45) is 0 Å². The van der Waals surface area contributed by atoms with Crippen molar-refractivity contribution in [3.63, 3.8) is 0 Å². The first-order valence-corrected chi connectivity index (χ1v) is 9.16. The summed E-state index contributed by atoms with van der Waals surface area (Å²) in [5.74, 6) is 0.0420. The summed E-state index contributed by atoms with van der Waals surface area (Å²) >= 11 is 0. The van der Waals surface area contributed by atoms with Crippen LogP contribution in [-0.2, 0) is 11.3 Å². The van der Waals surface area contributed by atoms with Gasteiger partial charge in [0.15, 0.2) is 0 Å². The smallest absolute Gasteiger partial charge is 0.294 e. The van der Waals surface area contributed by atoms with Gasteiger partial charge in [-0.1, -0.05) is 6.07 Å². The van der Waals surface area contributed by atoms with Crippen molar-refractivity contribution in [3.05, 3.63) is 71.0 Å². The zero-order chi connectivity index (χ0) is 20.4. The molecule has 2 aromatic heterocycles. The molecule has 0 atom stereocenters. The molecule has 2 heterocycles. The number of nitrogens with zero attached hydrogens (tertiary/aromatic N) is 3. The van der Waals surface area contributed by atoms with Gasteiger partial charge in [-0.3, -0.25) is 14.0 Å². The minimum atomic E-state index is -0.430. The van der Waals surface area contributed by atoms with Gasteiger partial charge in [-0.15, -0.1) is 0 Å². The fourth-order valence-corrected chi connectivity index (χ4v) is 3.35. The highest BCUT2D eigenvalue weighted by Crippen LogP contribution is 2.18. The number of aryl methyl sites for hydroxylation is 1. The molecule has 4 aromatic rings. The van der Waals surface area contributed by atoms with E-state index in [2.05, 4.69) is 10.3 Å². The molecule has 0 aliphatic rings. The first kappa shape index (κ1) is 18.7. The third-order valence-corrected chi connectivity index (χ3v) is 4.70. The van der Waals surface area contributed by atoms with Crippen LogP contribution in [0.25, 0.3) is 16.7 Å². The molecule has 0 aliphatic carbocycles. The van der Waals surface area contributed by atoms with Crippen molar-refractivity contribution in [2.45, 2.75) is 19.4 Å². The van der Waals surface area contributed by atoms with E-state index in [0.717, 1.165) is 0 Å². The van der Waals surface area contributed by atoms with Gasteiger partial charge in [0.1, 0.15) is 11.6 Å². The number of halogens is 1. The number of hydrogen-bond donors (Lipinski definition) is 1. The third-order valence-electron chi connectivity index (χ3n) is 4.70. The quantitative estimate of drug-likeness (QED) is 0.545. The number of methoxy groups -OCH3 is 1. The molecule has 2 aromatic carbocycles. The maximum Gasteiger partial charge on any atom is 0.294 e. The molecule has 0 radical (unpaired) electrons. The fraction of sp³-hybridized carbons (Fsp3) is 0.190. The number of aromatic nitrogens is 3. The highest BCUT2D eigenvalue weighted by molar-refractivity contribution is 5.90. The lowest BCUT2D eigenvalue weighted by Gasteiger charge is -2.12. The highest BCUT2D eigenvalue weighted by atomic mass is 19.1. The van der Waals surface area contributed by atoms with Crippen LogP contribution in [0.3, 0.4) is 0 Å². The topological polar surface area (TPSA) is 77.6 Å². The maximum absolute atomic E-state index is 13.8. The van der Waals surface area contributed by atoms with Crippen molar-refractivity contribution in [3.8, 4) is 5.75 Å². The molecule has 4 rings (SSSR count). The van der Waals surface area contributed by atoms with E-state index in [1.54, 1.807) is 48.0 Å². The standard InChI is InChI=1S/C21H19FN4O3/c1-29-16-5-2-4-15(13-16)24-19(27)6-3-10-26-18-12-14(22)7-8-17(18)25-11-9-23-20(25)21(26)28/h2,4-5,7-9,11-13H,3,6,10H2,1H3,(H,24,27). The minimum Gasteiger partial charge on any atom is -0.497 e. The fourth-order valence-electron chi connectivity index (χ4n) is 3.35. The van der Waals surface area contributed by atoms with Gasteiger partial charge in [0, 0.05) is 37.1 Å². The lowest BCUT2D eigenvalue weighted by molar-refractivity contribution is -0.116. The van der Waals surface area contributed by atoms with E-state index >= 15 is 0 Å². The number of hydrogen-bond acceptors (Lipinski definition) is 4. The molecule has 8 heteroatoms. The summed E-state index contributed by atoms with van der Waals surface area (Å²) in [6.45, 7) is 0.272. The summed E-state index contributed by atoms with van der Waals surface area (Å²) < 4.78 is 22.1. The predicted molar refractivity (Wildman–Crippen MR) is 108 cm³/mol. The zero-order valence-electron chi connectivity index (χ0n) is 15.8. The van der Waals surface area contributed by atoms with E-state index in [1.807, 2.05) is 0 Å². The molecule has 0 bridgehead atoms. The largest absolute Gasteiger partial charge is 0.497 e. The number of nitrogens with one attached hydrogen (secondary N) is 1. The Morgan fingerprint density at radius 3 is 2.90 bits per heavy atom. The minimum absolute atomic E-state index is 0.177. The van der Waals surface area contributed by atoms with Crippen LogP contribution in [0.1, 0.15) is 12.8 Å². The number of amides is 1. The van der Waals surface area contributed by atoms with Crippen LogP contribution in [0.15, 0.2) is 59.7 Å². The molecule has 148 valence electrons. The molecular weight excluding hydrogens is 375 g/mol. The van der Waals surface area contributed by atoms with E-state index in [9.17, 15) is 14.0 Å². The number of carbonyl (C=O) groups excluding carboxylic acids is 1. The summed E-state index contributed by atoms with van der Waals surface area (Å²) in [6, 6.07) is 11.4. The Balaban J connectivity index is 1.53. The van der Waals surface area contributed by atoms with E-state index in [0.29, 0.717) is 28.9 Å². The van der Waals surface area contributed by atoms with E-state index in [4.69, 9.17) is 4.74 Å². The summed E-state index contributed by atoms with van der Waals surface area (Å²) in [7, 11) is 1.56. The monoisotopic (exact) mass is 394 g/mol. The average molecular weight is 394 g/mol. The van der Waals surface area contributed by atoms with Crippen molar-refractivity contribution in [2.75, 3.05) is 12.4 Å². The van der Waals surface area contributed by atoms with Crippen molar-refractivity contribution >= 4 is 28.3 Å². The maximum atomic E-state index is 13.8. The summed E-state index contributed by atoms with van der Waals surface area (Å²) in [5, 5.41) is 2.81. The molecule has 7 nitrogen and oxygen atoms in total. The van der Waals surface area contributed by atoms with Gasteiger partial charge in [0.2, 0.25) is 11.6 Å². The molecule has 0 spiro atoms. The van der Waals surface area contributed by atoms with Crippen LogP contribution < -0.4 is 15.6 Å². The van der Waals surface area contributed by atoms with Gasteiger partial charge in [-0.25, -0.2) is 9.37 Å². The Hall–Kier alpha value is -3.68. The molecule has 0 fully saturated rings. The van der Waals surface area contributed by atoms with Gasteiger partial charge in [-0.05, 0) is 36.8 Å². The Kier molecular flexibility index (Phi) is 4.99. The Labute approximate surface area is 165 Å². The summed E-state index contributed by atoms with van der Waals surface area (Å²) in [5.41, 5.74) is 1.73. The van der Waals surface area contributed by atoms with Crippen LogP contribution in [0.5, 0.6) is 5.75 Å². The van der Waals surface area contributed by atoms with Crippen molar-refractivity contribution in [1.82, 2.24) is 14.0 Å². The number of anilines is 1. The normalized spacial score (nSPS) is 11.1. The van der Waals surface area contributed by atoms with Gasteiger partial charge in [-0.2, -0.15) is 0 Å². The van der Waals surface area contributed by atoms with Crippen LogP contribution in [0.2, 0.25) is 0 Å². The third kappa shape index (κ3) is 3.69. The second-order valence-electron chi connectivity index (χ2n) is 6.59. The van der Waals surface area contributed by atoms with E-state index in [1.165, 1.54) is 22.9 Å². The molecule has 1 amide bonds. The van der Waals surface area contributed by atoms with E-state index in [-0.39, 0.29) is 30.1 Å². The number of rotatable bonds is 6. The Bertz CT molecular complexity index is 1260. The second kappa shape index (κ2) is 7.75. The Morgan fingerprint density at radius 2 is 2.07 bits per heavy atom. The molecule has 0 saturated heterocycles. The highest BCUT2D eigenvalue weighted by Gasteiger charge is 2.13. The molecule has 0 saturated carbocycles. The summed E-state index contributed by atoms with van der Waals surface area (Å²) in [6.07, 6.45) is 3.83. The van der Waals surface area contributed by atoms with Crippen LogP contribution in [0, 0.1) is 5.82 Å². The van der Waals surface area contributed by atoms with Crippen molar-refractivity contribution in [1.29, 1.82) is 0 Å². The first-order chi connectivity index (χ1) is 14.1. The Morgan fingerprint density at radius 1 is 1.21 bits per heavy atom. The lowest BCUT2D eigenvalue weighted by atomic mass is 10.2. The summed E-state index contributed by atoms with van der Waals surface area (Å²) in [4.78, 5) is 29.2. The van der Waals surface area contributed by atoms with Crippen LogP contribution >= 0.6 is 0 Å². The number of fused-ring (bicyclic) bond motifs is 3. The molecule has 29 heavy (non-hydrogen) atoms. The van der Waals surface area contributed by atoms with Gasteiger partial charge in [0.05, 0.1) is 18.1 Å². The predicted octanol–water partition coefficient (Wildman–Crippen LogP) is 3.22. The van der Waals surface area contributed by atoms with Gasteiger partial charge < -0.3 is 14.6 Å². The van der Waals surface area contributed by atoms with Gasteiger partial charge in [0.25, 0.3) is 5.56 Å². The number of carbonyl (C=O) groups is 1. The first-order valence-electron chi connectivity index (χ1n) is 9.16. The molecule has 0 aliphatic heterocycles. The number of ether oxygens (including phenoxy) is 1. The van der Waals surface area contributed by atoms with Crippen LogP contribution in [-0.4, -0.2) is 27.0 Å². The van der Waals surface area contributed by atoms with E-state index < -0.39 is 5.82 Å². The number of benzene rings is 2. The average Bonchev–Trinajstić information content (AvgIpc) is 3.20. The molecule has 1 N–H and O–H groups in total. The lowest BCUT2D eigenvalue weighted by Crippen LogP contribution is -2.24. The molecular formula is C21H19FN4O3. The van der Waals surface area contributed by atoms with Crippen LogP contribution in [0.4, 0.5) is 10.1 Å². The number of imidazole rings is 1. The molecule has 0 unspecified atom stereocenters.